The number of fused-ring (bicyclic) bond motifs is 1. The molecule has 5 heteroatoms. The van der Waals surface area contributed by atoms with Gasteiger partial charge in [-0.05, 0) is 18.2 Å². The SMILES string of the molecule is N#Cc1ccc2nc(N3CCNCC3)[nH]c2c1. The van der Waals surface area contributed by atoms with Gasteiger partial charge in [0.15, 0.2) is 0 Å². The molecule has 2 N–H and O–H groups in total. The number of anilines is 1. The van der Waals surface area contributed by atoms with E-state index in [1.807, 2.05) is 12.1 Å². The molecule has 0 unspecified atom stereocenters. The van der Waals surface area contributed by atoms with E-state index in [2.05, 4.69) is 26.3 Å². The Bertz CT molecular complexity index is 574. The minimum absolute atomic E-state index is 0.660. The van der Waals surface area contributed by atoms with Crippen LogP contribution in [0.15, 0.2) is 18.2 Å². The van der Waals surface area contributed by atoms with Gasteiger partial charge in [-0.3, -0.25) is 0 Å². The molecule has 0 bridgehead atoms. The van der Waals surface area contributed by atoms with E-state index in [0.717, 1.165) is 43.2 Å². The molecule has 0 atom stereocenters. The lowest BCUT2D eigenvalue weighted by molar-refractivity contribution is 0.582. The van der Waals surface area contributed by atoms with Crippen molar-refractivity contribution in [2.24, 2.45) is 0 Å². The highest BCUT2D eigenvalue weighted by molar-refractivity contribution is 5.79. The number of H-pyrrole nitrogens is 1. The molecular weight excluding hydrogens is 214 g/mol. The molecule has 0 amide bonds. The number of nitrogens with one attached hydrogen (secondary N) is 2. The van der Waals surface area contributed by atoms with E-state index < -0.39 is 0 Å². The molecular formula is C12H13N5. The van der Waals surface area contributed by atoms with Crippen molar-refractivity contribution in [1.29, 1.82) is 5.26 Å². The number of nitrogens with zero attached hydrogens (tertiary/aromatic N) is 3. The zero-order valence-electron chi connectivity index (χ0n) is 9.40. The van der Waals surface area contributed by atoms with E-state index >= 15 is 0 Å². The number of imidazole rings is 1. The van der Waals surface area contributed by atoms with Gasteiger partial charge in [0.1, 0.15) is 0 Å². The molecule has 1 aliphatic heterocycles. The van der Waals surface area contributed by atoms with Gasteiger partial charge in [0.25, 0.3) is 0 Å². The largest absolute Gasteiger partial charge is 0.340 e. The van der Waals surface area contributed by atoms with Crippen LogP contribution in [0.4, 0.5) is 5.95 Å². The first kappa shape index (κ1) is 10.1. The maximum atomic E-state index is 8.85. The minimum atomic E-state index is 0.660. The third kappa shape index (κ3) is 1.83. The third-order valence-corrected chi connectivity index (χ3v) is 3.02. The fraction of sp³-hybridized carbons (Fsp3) is 0.333. The van der Waals surface area contributed by atoms with Crippen LogP contribution >= 0.6 is 0 Å². The van der Waals surface area contributed by atoms with Crippen LogP contribution in [0.25, 0.3) is 11.0 Å². The van der Waals surface area contributed by atoms with E-state index in [0.29, 0.717) is 5.56 Å². The number of aromatic amines is 1. The molecule has 3 rings (SSSR count). The van der Waals surface area contributed by atoms with Gasteiger partial charge < -0.3 is 15.2 Å². The van der Waals surface area contributed by atoms with Crippen LogP contribution in [0.5, 0.6) is 0 Å². The maximum Gasteiger partial charge on any atom is 0.203 e. The lowest BCUT2D eigenvalue weighted by Crippen LogP contribution is -2.44. The topological polar surface area (TPSA) is 67.7 Å². The van der Waals surface area contributed by atoms with Gasteiger partial charge >= 0.3 is 0 Å². The average molecular weight is 227 g/mol. The summed E-state index contributed by atoms with van der Waals surface area (Å²) < 4.78 is 0. The summed E-state index contributed by atoms with van der Waals surface area (Å²) in [4.78, 5) is 10.0. The first-order chi connectivity index (χ1) is 8.36. The summed E-state index contributed by atoms with van der Waals surface area (Å²) in [6.45, 7) is 3.90. The molecule has 1 aromatic heterocycles. The number of rotatable bonds is 1. The molecule has 1 saturated heterocycles. The van der Waals surface area contributed by atoms with Crippen LogP contribution in [0.2, 0.25) is 0 Å². The second-order valence-corrected chi connectivity index (χ2v) is 4.14. The van der Waals surface area contributed by atoms with Gasteiger partial charge in [-0.2, -0.15) is 5.26 Å². The second kappa shape index (κ2) is 4.07. The summed E-state index contributed by atoms with van der Waals surface area (Å²) in [5.41, 5.74) is 2.50. The van der Waals surface area contributed by atoms with E-state index in [9.17, 15) is 0 Å². The van der Waals surface area contributed by atoms with Crippen molar-refractivity contribution < 1.29 is 0 Å². The molecule has 1 aliphatic rings. The molecule has 0 spiro atoms. The monoisotopic (exact) mass is 227 g/mol. The summed E-state index contributed by atoms with van der Waals surface area (Å²) in [7, 11) is 0. The van der Waals surface area contributed by atoms with Crippen LogP contribution in [0.3, 0.4) is 0 Å². The van der Waals surface area contributed by atoms with Gasteiger partial charge in [-0.1, -0.05) is 0 Å². The summed E-state index contributed by atoms with van der Waals surface area (Å²) in [6, 6.07) is 7.66. The van der Waals surface area contributed by atoms with Gasteiger partial charge in [-0.25, -0.2) is 4.98 Å². The lowest BCUT2D eigenvalue weighted by Gasteiger charge is -2.26. The Morgan fingerprint density at radius 1 is 1.29 bits per heavy atom. The fourth-order valence-corrected chi connectivity index (χ4v) is 2.09. The maximum absolute atomic E-state index is 8.85. The van der Waals surface area contributed by atoms with Crippen molar-refractivity contribution in [3.05, 3.63) is 23.8 Å². The van der Waals surface area contributed by atoms with E-state index in [-0.39, 0.29) is 0 Å². The van der Waals surface area contributed by atoms with Gasteiger partial charge in [0.2, 0.25) is 5.95 Å². The molecule has 17 heavy (non-hydrogen) atoms. The molecule has 2 aromatic rings. The highest BCUT2D eigenvalue weighted by Gasteiger charge is 2.14. The average Bonchev–Trinajstić information content (AvgIpc) is 2.82. The van der Waals surface area contributed by atoms with Crippen molar-refractivity contribution in [1.82, 2.24) is 15.3 Å². The van der Waals surface area contributed by atoms with Crippen molar-refractivity contribution in [2.45, 2.75) is 0 Å². The standard InChI is InChI=1S/C12H13N5/c13-8-9-1-2-10-11(7-9)16-12(15-10)17-5-3-14-4-6-17/h1-2,7,14H,3-6H2,(H,15,16). The van der Waals surface area contributed by atoms with E-state index in [4.69, 9.17) is 5.26 Å². The van der Waals surface area contributed by atoms with Gasteiger partial charge in [0, 0.05) is 26.2 Å². The molecule has 5 nitrogen and oxygen atoms in total. The number of piperazine rings is 1. The number of hydrogen-bond acceptors (Lipinski definition) is 4. The summed E-state index contributed by atoms with van der Waals surface area (Å²) in [6.07, 6.45) is 0. The second-order valence-electron chi connectivity index (χ2n) is 4.14. The molecule has 0 radical (unpaired) electrons. The quantitative estimate of drug-likeness (QED) is 0.757. The summed E-state index contributed by atoms with van der Waals surface area (Å²) in [5.74, 6) is 0.900. The predicted octanol–water partition coefficient (Wildman–Crippen LogP) is 0.844. The zero-order valence-corrected chi connectivity index (χ0v) is 9.40. The molecule has 0 aliphatic carbocycles. The van der Waals surface area contributed by atoms with Crippen LogP contribution in [-0.2, 0) is 0 Å². The number of hydrogen-bond donors (Lipinski definition) is 2. The Kier molecular flexibility index (Phi) is 2.42. The Morgan fingerprint density at radius 2 is 2.12 bits per heavy atom. The van der Waals surface area contributed by atoms with Crippen LogP contribution < -0.4 is 10.2 Å². The Hall–Kier alpha value is -2.06. The van der Waals surface area contributed by atoms with Crippen molar-refractivity contribution in [2.75, 3.05) is 31.1 Å². The number of aromatic nitrogens is 2. The number of nitriles is 1. The fourth-order valence-electron chi connectivity index (χ4n) is 2.09. The van der Waals surface area contributed by atoms with E-state index in [1.165, 1.54) is 0 Å². The Labute approximate surface area is 99.1 Å². The Morgan fingerprint density at radius 3 is 2.88 bits per heavy atom. The molecule has 1 fully saturated rings. The molecule has 0 saturated carbocycles. The molecule has 2 heterocycles. The smallest absolute Gasteiger partial charge is 0.203 e. The highest BCUT2D eigenvalue weighted by Crippen LogP contribution is 2.18. The van der Waals surface area contributed by atoms with Crippen LogP contribution in [-0.4, -0.2) is 36.1 Å². The van der Waals surface area contributed by atoms with Gasteiger partial charge in [0.05, 0.1) is 22.7 Å². The normalized spacial score (nSPS) is 16.1. The summed E-state index contributed by atoms with van der Waals surface area (Å²) >= 11 is 0. The first-order valence-corrected chi connectivity index (χ1v) is 5.72. The van der Waals surface area contributed by atoms with E-state index in [1.54, 1.807) is 6.07 Å². The summed E-state index contributed by atoms with van der Waals surface area (Å²) in [5, 5.41) is 12.2. The van der Waals surface area contributed by atoms with Crippen molar-refractivity contribution >= 4 is 17.0 Å². The lowest BCUT2D eigenvalue weighted by atomic mass is 10.2. The number of benzene rings is 1. The molecule has 86 valence electrons. The highest BCUT2D eigenvalue weighted by atomic mass is 15.3. The Balaban J connectivity index is 1.98. The third-order valence-electron chi connectivity index (χ3n) is 3.02. The van der Waals surface area contributed by atoms with Crippen LogP contribution in [0, 0.1) is 11.3 Å². The van der Waals surface area contributed by atoms with Crippen molar-refractivity contribution in [3.8, 4) is 6.07 Å². The van der Waals surface area contributed by atoms with Crippen molar-refractivity contribution in [3.63, 3.8) is 0 Å². The first-order valence-electron chi connectivity index (χ1n) is 5.72. The minimum Gasteiger partial charge on any atom is -0.340 e. The van der Waals surface area contributed by atoms with Gasteiger partial charge in [-0.15, -0.1) is 0 Å². The predicted molar refractivity (Wildman–Crippen MR) is 65.9 cm³/mol. The zero-order chi connectivity index (χ0) is 11.7. The molecule has 1 aromatic carbocycles. The van der Waals surface area contributed by atoms with Crippen LogP contribution in [0.1, 0.15) is 5.56 Å².